The fraction of sp³-hybridized carbons (Fsp3) is 0.300. The van der Waals surface area contributed by atoms with E-state index in [2.05, 4.69) is 66.1 Å². The highest BCUT2D eigenvalue weighted by atomic mass is 16.5. The molecule has 1 saturated carbocycles. The van der Waals surface area contributed by atoms with Crippen LogP contribution >= 0.6 is 0 Å². The highest BCUT2D eigenvalue weighted by Gasteiger charge is 2.60. The van der Waals surface area contributed by atoms with E-state index in [1.807, 2.05) is 24.3 Å². The molecule has 0 radical (unpaired) electrons. The van der Waals surface area contributed by atoms with Gasteiger partial charge in [0.25, 0.3) is 5.91 Å². The summed E-state index contributed by atoms with van der Waals surface area (Å²) in [7, 11) is 1.64. The lowest BCUT2D eigenvalue weighted by molar-refractivity contribution is -0.124. The zero-order chi connectivity index (χ0) is 22.6. The van der Waals surface area contributed by atoms with Crippen LogP contribution in [0.4, 0.5) is 0 Å². The summed E-state index contributed by atoms with van der Waals surface area (Å²) in [6.45, 7) is 5.76. The Morgan fingerprint density at radius 1 is 0.970 bits per heavy atom. The second-order valence-electron chi connectivity index (χ2n) is 9.73. The van der Waals surface area contributed by atoms with Crippen LogP contribution < -0.4 is 4.74 Å². The summed E-state index contributed by atoms with van der Waals surface area (Å²) in [5.74, 6) is 2.14. The number of para-hydroxylation sites is 1. The van der Waals surface area contributed by atoms with Gasteiger partial charge in [-0.25, -0.2) is 0 Å². The number of hydrogen-bond donors (Lipinski definition) is 0. The number of carbonyl (C=O) groups is 1. The number of benzene rings is 3. The molecular formula is C30H29NO2. The fourth-order valence-electron chi connectivity index (χ4n) is 7.10. The van der Waals surface area contributed by atoms with E-state index < -0.39 is 0 Å². The molecule has 0 spiro atoms. The Labute approximate surface area is 195 Å². The van der Waals surface area contributed by atoms with Crippen molar-refractivity contribution in [3.63, 3.8) is 0 Å². The Hall–Kier alpha value is -3.33. The van der Waals surface area contributed by atoms with Crippen molar-refractivity contribution >= 4 is 11.5 Å². The minimum absolute atomic E-state index is 0.0283. The zero-order valence-electron chi connectivity index (χ0n) is 19.0. The molecule has 3 nitrogen and oxygen atoms in total. The van der Waals surface area contributed by atoms with Crippen molar-refractivity contribution in [1.29, 1.82) is 0 Å². The number of likely N-dealkylation sites (tertiary alicyclic amines) is 1. The molecular weight excluding hydrogens is 406 g/mol. The van der Waals surface area contributed by atoms with Crippen molar-refractivity contribution < 1.29 is 9.53 Å². The van der Waals surface area contributed by atoms with E-state index in [0.29, 0.717) is 29.1 Å². The highest BCUT2D eigenvalue weighted by molar-refractivity contribution is 6.19. The standard InChI is InChI=1S/C30H29NO2/c1-20(22-12-7-9-15-28(22)33-2)29(32)31-18-25-23-16-17-30(27(25)19-31,21-10-4-3-5-11-21)26-14-8-6-13-24(23)26/h3-15,23,25,27H,1,16-19H2,2H3. The molecule has 7 rings (SSSR count). The van der Waals surface area contributed by atoms with Crippen LogP contribution in [-0.2, 0) is 10.2 Å². The number of carbonyl (C=O) groups excluding carboxylic acids is 1. The second-order valence-corrected chi connectivity index (χ2v) is 9.73. The van der Waals surface area contributed by atoms with Crippen LogP contribution in [0.15, 0.2) is 85.4 Å². The van der Waals surface area contributed by atoms with Crippen LogP contribution in [0.3, 0.4) is 0 Å². The second kappa shape index (κ2) is 7.62. The Morgan fingerprint density at radius 3 is 2.52 bits per heavy atom. The number of methoxy groups -OCH3 is 1. The number of fused-ring (bicyclic) bond motifs is 1. The summed E-state index contributed by atoms with van der Waals surface area (Å²) in [4.78, 5) is 15.7. The molecule has 33 heavy (non-hydrogen) atoms. The molecule has 1 heterocycles. The van der Waals surface area contributed by atoms with Gasteiger partial charge >= 0.3 is 0 Å². The molecule has 1 aliphatic heterocycles. The average Bonchev–Trinajstić information content (AvgIpc) is 3.36. The monoisotopic (exact) mass is 435 g/mol. The minimum atomic E-state index is -0.0297. The van der Waals surface area contributed by atoms with Crippen LogP contribution in [0.1, 0.15) is 41.0 Å². The van der Waals surface area contributed by atoms with Crippen LogP contribution in [0.5, 0.6) is 5.75 Å². The summed E-state index contributed by atoms with van der Waals surface area (Å²) in [6, 6.07) is 27.7. The van der Waals surface area contributed by atoms with E-state index in [9.17, 15) is 4.79 Å². The van der Waals surface area contributed by atoms with Crippen molar-refractivity contribution in [1.82, 2.24) is 4.90 Å². The van der Waals surface area contributed by atoms with Gasteiger partial charge in [-0.3, -0.25) is 4.79 Å². The van der Waals surface area contributed by atoms with Gasteiger partial charge in [0.1, 0.15) is 5.75 Å². The average molecular weight is 436 g/mol. The van der Waals surface area contributed by atoms with Crippen molar-refractivity contribution in [3.8, 4) is 5.75 Å². The van der Waals surface area contributed by atoms with Gasteiger partial charge in [-0.2, -0.15) is 0 Å². The molecule has 0 aromatic heterocycles. The SMILES string of the molecule is C=C(C(=O)N1CC2C3CCC(c4ccccc4)(c4ccccc43)C2C1)c1ccccc1OC. The minimum Gasteiger partial charge on any atom is -0.496 e. The predicted octanol–water partition coefficient (Wildman–Crippen LogP) is 5.66. The van der Waals surface area contributed by atoms with Crippen LogP contribution in [0.2, 0.25) is 0 Å². The van der Waals surface area contributed by atoms with Gasteiger partial charge in [0, 0.05) is 29.6 Å². The van der Waals surface area contributed by atoms with E-state index >= 15 is 0 Å². The van der Waals surface area contributed by atoms with Gasteiger partial charge in [-0.15, -0.1) is 0 Å². The van der Waals surface area contributed by atoms with E-state index in [1.54, 1.807) is 7.11 Å². The quantitative estimate of drug-likeness (QED) is 0.495. The lowest BCUT2D eigenvalue weighted by Gasteiger charge is -2.55. The summed E-state index contributed by atoms with van der Waals surface area (Å²) >= 11 is 0. The smallest absolute Gasteiger partial charge is 0.254 e. The maximum Gasteiger partial charge on any atom is 0.254 e. The first-order valence-electron chi connectivity index (χ1n) is 11.9. The van der Waals surface area contributed by atoms with Crippen LogP contribution in [0, 0.1) is 11.8 Å². The molecule has 1 amide bonds. The number of amides is 1. The lowest BCUT2D eigenvalue weighted by atomic mass is 9.47. The van der Waals surface area contributed by atoms with E-state index in [4.69, 9.17) is 4.74 Å². The molecule has 166 valence electrons. The van der Waals surface area contributed by atoms with Crippen molar-refractivity contribution in [2.24, 2.45) is 11.8 Å². The van der Waals surface area contributed by atoms with Crippen LogP contribution in [-0.4, -0.2) is 31.0 Å². The highest BCUT2D eigenvalue weighted by Crippen LogP contribution is 2.63. The summed E-state index contributed by atoms with van der Waals surface area (Å²) in [5, 5.41) is 0. The molecule has 1 saturated heterocycles. The zero-order valence-corrected chi connectivity index (χ0v) is 19.0. The predicted molar refractivity (Wildman–Crippen MR) is 131 cm³/mol. The van der Waals surface area contributed by atoms with Gasteiger partial charge in [0.15, 0.2) is 0 Å². The Kier molecular flexibility index (Phi) is 4.69. The van der Waals surface area contributed by atoms with Crippen molar-refractivity contribution in [3.05, 3.63) is 108 Å². The number of hydrogen-bond acceptors (Lipinski definition) is 2. The van der Waals surface area contributed by atoms with E-state index in [-0.39, 0.29) is 11.3 Å². The molecule has 3 aliphatic carbocycles. The number of nitrogens with zero attached hydrogens (tertiary/aromatic N) is 1. The summed E-state index contributed by atoms with van der Waals surface area (Å²) in [6.07, 6.45) is 2.33. The molecule has 3 heteroatoms. The molecule has 3 aromatic rings. The number of ether oxygens (including phenoxy) is 1. The molecule has 2 fully saturated rings. The van der Waals surface area contributed by atoms with Gasteiger partial charge in [0.2, 0.25) is 0 Å². The van der Waals surface area contributed by atoms with Gasteiger partial charge in [0.05, 0.1) is 7.11 Å². The number of rotatable bonds is 4. The summed E-state index contributed by atoms with van der Waals surface area (Å²) in [5.41, 5.74) is 5.63. The van der Waals surface area contributed by atoms with E-state index in [0.717, 1.165) is 25.1 Å². The summed E-state index contributed by atoms with van der Waals surface area (Å²) < 4.78 is 5.50. The van der Waals surface area contributed by atoms with Gasteiger partial charge in [-0.1, -0.05) is 79.4 Å². The van der Waals surface area contributed by atoms with Gasteiger partial charge < -0.3 is 9.64 Å². The normalized spacial score (nSPS) is 27.1. The van der Waals surface area contributed by atoms with Crippen molar-refractivity contribution in [2.75, 3.05) is 20.2 Å². The topological polar surface area (TPSA) is 29.5 Å². The largest absolute Gasteiger partial charge is 0.496 e. The van der Waals surface area contributed by atoms with E-state index in [1.165, 1.54) is 23.1 Å². The first-order valence-corrected chi connectivity index (χ1v) is 11.9. The first kappa shape index (κ1) is 20.3. The third kappa shape index (κ3) is 2.84. The molecule has 4 atom stereocenters. The molecule has 3 aromatic carbocycles. The molecule has 0 N–H and O–H groups in total. The Balaban J connectivity index is 1.39. The third-order valence-corrected chi connectivity index (χ3v) is 8.47. The van der Waals surface area contributed by atoms with Crippen LogP contribution in [0.25, 0.3) is 5.57 Å². The van der Waals surface area contributed by atoms with Crippen molar-refractivity contribution in [2.45, 2.75) is 24.2 Å². The molecule has 4 aliphatic rings. The Morgan fingerprint density at radius 2 is 1.70 bits per heavy atom. The lowest BCUT2D eigenvalue weighted by Crippen LogP contribution is -2.51. The maximum absolute atomic E-state index is 13.7. The third-order valence-electron chi connectivity index (χ3n) is 8.47. The Bertz CT molecular complexity index is 1230. The first-order chi connectivity index (χ1) is 16.1. The molecule has 4 unspecified atom stereocenters. The van der Waals surface area contributed by atoms with Gasteiger partial charge in [-0.05, 0) is 53.4 Å². The maximum atomic E-state index is 13.7. The molecule has 2 bridgehead atoms. The fourth-order valence-corrected chi connectivity index (χ4v) is 7.10.